The second kappa shape index (κ2) is 6.20. The SMILES string of the molecule is CCCc1cc(C(=O)NCC(N)=O)cc(Cl)n1. The minimum Gasteiger partial charge on any atom is -0.368 e. The fraction of sp³-hybridized carbons (Fsp3) is 0.364. The zero-order chi connectivity index (χ0) is 12.8. The van der Waals surface area contributed by atoms with Crippen molar-refractivity contribution in [1.82, 2.24) is 10.3 Å². The number of hydrogen-bond acceptors (Lipinski definition) is 3. The van der Waals surface area contributed by atoms with Crippen LogP contribution >= 0.6 is 11.6 Å². The number of nitrogens with one attached hydrogen (secondary N) is 1. The van der Waals surface area contributed by atoms with E-state index in [1.165, 1.54) is 6.07 Å². The summed E-state index contributed by atoms with van der Waals surface area (Å²) >= 11 is 5.81. The minimum atomic E-state index is -0.590. The molecule has 1 aromatic rings. The van der Waals surface area contributed by atoms with Crippen LogP contribution in [0.1, 0.15) is 29.4 Å². The first-order chi connectivity index (χ1) is 8.02. The molecule has 0 aromatic carbocycles. The molecule has 0 aliphatic rings. The monoisotopic (exact) mass is 255 g/mol. The van der Waals surface area contributed by atoms with Crippen LogP contribution in [0.2, 0.25) is 5.15 Å². The normalized spacial score (nSPS) is 10.0. The largest absolute Gasteiger partial charge is 0.368 e. The lowest BCUT2D eigenvalue weighted by atomic mass is 10.1. The van der Waals surface area contributed by atoms with Crippen molar-refractivity contribution < 1.29 is 9.59 Å². The van der Waals surface area contributed by atoms with Crippen molar-refractivity contribution in [3.63, 3.8) is 0 Å². The Labute approximate surface area is 104 Å². The number of carbonyl (C=O) groups excluding carboxylic acids is 2. The molecule has 0 saturated carbocycles. The molecule has 6 heteroatoms. The molecule has 0 radical (unpaired) electrons. The maximum Gasteiger partial charge on any atom is 0.251 e. The van der Waals surface area contributed by atoms with Gasteiger partial charge < -0.3 is 11.1 Å². The van der Waals surface area contributed by atoms with E-state index >= 15 is 0 Å². The molecule has 2 amide bonds. The van der Waals surface area contributed by atoms with Crippen molar-refractivity contribution in [3.8, 4) is 0 Å². The second-order valence-corrected chi connectivity index (χ2v) is 3.96. The zero-order valence-corrected chi connectivity index (χ0v) is 10.3. The lowest BCUT2D eigenvalue weighted by Gasteiger charge is -2.05. The van der Waals surface area contributed by atoms with Gasteiger partial charge in [-0.15, -0.1) is 0 Å². The van der Waals surface area contributed by atoms with Gasteiger partial charge in [0.2, 0.25) is 5.91 Å². The van der Waals surface area contributed by atoms with Crippen LogP contribution in [0, 0.1) is 0 Å². The Kier molecular flexibility index (Phi) is 4.90. The smallest absolute Gasteiger partial charge is 0.251 e. The van der Waals surface area contributed by atoms with Gasteiger partial charge >= 0.3 is 0 Å². The average Bonchev–Trinajstić information content (AvgIpc) is 2.25. The van der Waals surface area contributed by atoms with Crippen LogP contribution in [-0.2, 0) is 11.2 Å². The third kappa shape index (κ3) is 4.40. The summed E-state index contributed by atoms with van der Waals surface area (Å²) in [6, 6.07) is 3.11. The highest BCUT2D eigenvalue weighted by molar-refractivity contribution is 6.29. The van der Waals surface area contributed by atoms with Crippen LogP contribution < -0.4 is 11.1 Å². The van der Waals surface area contributed by atoms with Crippen molar-refractivity contribution in [3.05, 3.63) is 28.5 Å². The molecule has 1 heterocycles. The van der Waals surface area contributed by atoms with E-state index in [9.17, 15) is 9.59 Å². The number of carbonyl (C=O) groups is 2. The minimum absolute atomic E-state index is 0.193. The van der Waals surface area contributed by atoms with Crippen molar-refractivity contribution in [2.24, 2.45) is 5.73 Å². The van der Waals surface area contributed by atoms with Crippen LogP contribution in [0.5, 0.6) is 0 Å². The van der Waals surface area contributed by atoms with Gasteiger partial charge in [0, 0.05) is 11.3 Å². The molecule has 0 atom stereocenters. The number of aryl methyl sites for hydroxylation is 1. The first-order valence-corrected chi connectivity index (χ1v) is 5.63. The number of nitrogens with two attached hydrogens (primary N) is 1. The summed E-state index contributed by atoms with van der Waals surface area (Å²) in [5.74, 6) is -0.974. The Hall–Kier alpha value is -1.62. The number of nitrogens with zero attached hydrogens (tertiary/aromatic N) is 1. The van der Waals surface area contributed by atoms with E-state index in [-0.39, 0.29) is 17.6 Å². The molecular formula is C11H14ClN3O2. The quantitative estimate of drug-likeness (QED) is 0.767. The van der Waals surface area contributed by atoms with Crippen LogP contribution in [0.25, 0.3) is 0 Å². The van der Waals surface area contributed by atoms with Crippen LogP contribution in [0.4, 0.5) is 0 Å². The first-order valence-electron chi connectivity index (χ1n) is 5.26. The lowest BCUT2D eigenvalue weighted by molar-refractivity contribution is -0.117. The first kappa shape index (κ1) is 13.4. The van der Waals surface area contributed by atoms with Crippen molar-refractivity contribution in [1.29, 1.82) is 0 Å². The van der Waals surface area contributed by atoms with E-state index in [1.807, 2.05) is 6.92 Å². The van der Waals surface area contributed by atoms with Gasteiger partial charge in [-0.1, -0.05) is 24.9 Å². The van der Waals surface area contributed by atoms with Crippen molar-refractivity contribution in [2.45, 2.75) is 19.8 Å². The van der Waals surface area contributed by atoms with Crippen molar-refractivity contribution in [2.75, 3.05) is 6.54 Å². The van der Waals surface area contributed by atoms with Gasteiger partial charge in [0.1, 0.15) is 5.15 Å². The number of amides is 2. The predicted molar refractivity (Wildman–Crippen MR) is 64.8 cm³/mol. The third-order valence-corrected chi connectivity index (χ3v) is 2.23. The fourth-order valence-electron chi connectivity index (χ4n) is 1.34. The molecule has 0 saturated heterocycles. The fourth-order valence-corrected chi connectivity index (χ4v) is 1.56. The van der Waals surface area contributed by atoms with Gasteiger partial charge in [0.05, 0.1) is 6.54 Å². The summed E-state index contributed by atoms with van der Waals surface area (Å²) in [5.41, 5.74) is 6.07. The molecule has 0 spiro atoms. The number of hydrogen-bond donors (Lipinski definition) is 2. The lowest BCUT2D eigenvalue weighted by Crippen LogP contribution is -2.33. The molecule has 1 aromatic heterocycles. The van der Waals surface area contributed by atoms with E-state index in [0.29, 0.717) is 5.56 Å². The van der Waals surface area contributed by atoms with Gasteiger partial charge in [0.15, 0.2) is 0 Å². The molecule has 0 aliphatic carbocycles. The van der Waals surface area contributed by atoms with Crippen LogP contribution in [0.3, 0.4) is 0 Å². The Bertz CT molecular complexity index is 435. The molecule has 17 heavy (non-hydrogen) atoms. The van der Waals surface area contributed by atoms with Gasteiger partial charge in [-0.25, -0.2) is 4.98 Å². The number of aromatic nitrogens is 1. The number of pyridine rings is 1. The van der Waals surface area contributed by atoms with E-state index in [2.05, 4.69) is 10.3 Å². The second-order valence-electron chi connectivity index (χ2n) is 3.57. The highest BCUT2D eigenvalue weighted by Gasteiger charge is 2.09. The van der Waals surface area contributed by atoms with E-state index < -0.39 is 5.91 Å². The molecule has 92 valence electrons. The third-order valence-electron chi connectivity index (χ3n) is 2.04. The number of halogens is 1. The number of primary amides is 1. The molecule has 0 unspecified atom stereocenters. The molecule has 0 bridgehead atoms. The Morgan fingerprint density at radius 3 is 2.76 bits per heavy atom. The Balaban J connectivity index is 2.81. The summed E-state index contributed by atoms with van der Waals surface area (Å²) in [6.07, 6.45) is 1.66. The van der Waals surface area contributed by atoms with Crippen LogP contribution in [0.15, 0.2) is 12.1 Å². The summed E-state index contributed by atoms with van der Waals surface area (Å²) in [4.78, 5) is 26.3. The maximum absolute atomic E-state index is 11.7. The Morgan fingerprint density at radius 2 is 2.18 bits per heavy atom. The van der Waals surface area contributed by atoms with Crippen LogP contribution in [-0.4, -0.2) is 23.3 Å². The highest BCUT2D eigenvalue weighted by Crippen LogP contribution is 2.12. The van der Waals surface area contributed by atoms with E-state index in [4.69, 9.17) is 17.3 Å². The van der Waals surface area contributed by atoms with Gasteiger partial charge in [0.25, 0.3) is 5.91 Å². The highest BCUT2D eigenvalue weighted by atomic mass is 35.5. The summed E-state index contributed by atoms with van der Waals surface area (Å²) in [6.45, 7) is 1.82. The number of rotatable bonds is 5. The predicted octanol–water partition coefficient (Wildman–Crippen LogP) is 0.903. The molecule has 3 N–H and O–H groups in total. The molecule has 0 fully saturated rings. The van der Waals surface area contributed by atoms with E-state index in [1.54, 1.807) is 6.07 Å². The van der Waals surface area contributed by atoms with Gasteiger partial charge in [-0.05, 0) is 18.6 Å². The Morgan fingerprint density at radius 1 is 1.47 bits per heavy atom. The summed E-state index contributed by atoms with van der Waals surface area (Å²) in [5, 5.41) is 2.66. The molecule has 1 rings (SSSR count). The van der Waals surface area contributed by atoms with Gasteiger partial charge in [-0.2, -0.15) is 0 Å². The molecule has 0 aliphatic heterocycles. The van der Waals surface area contributed by atoms with Crippen molar-refractivity contribution >= 4 is 23.4 Å². The van der Waals surface area contributed by atoms with Gasteiger partial charge in [-0.3, -0.25) is 9.59 Å². The molecular weight excluding hydrogens is 242 g/mol. The maximum atomic E-state index is 11.7. The standard InChI is InChI=1S/C11H14ClN3O2/c1-2-3-8-4-7(5-9(12)15-8)11(17)14-6-10(13)16/h4-5H,2-3,6H2,1H3,(H2,13,16)(H,14,17). The average molecular weight is 256 g/mol. The molecule has 5 nitrogen and oxygen atoms in total. The zero-order valence-electron chi connectivity index (χ0n) is 9.50. The summed E-state index contributed by atoms with van der Waals surface area (Å²) in [7, 11) is 0. The topological polar surface area (TPSA) is 85.1 Å². The van der Waals surface area contributed by atoms with E-state index in [0.717, 1.165) is 18.5 Å². The summed E-state index contributed by atoms with van der Waals surface area (Å²) < 4.78 is 0.